The zero-order chi connectivity index (χ0) is 16.2. The lowest BCUT2D eigenvalue weighted by Gasteiger charge is -2.34. The summed E-state index contributed by atoms with van der Waals surface area (Å²) in [5.41, 5.74) is 1.49. The first-order valence-electron chi connectivity index (χ1n) is 6.84. The minimum atomic E-state index is -1.04. The fraction of sp³-hybridized carbons (Fsp3) is 0.500. The van der Waals surface area contributed by atoms with Gasteiger partial charge in [0.1, 0.15) is 12.3 Å². The summed E-state index contributed by atoms with van der Waals surface area (Å²) >= 11 is 0. The van der Waals surface area contributed by atoms with Crippen molar-refractivity contribution in [1.82, 2.24) is 4.90 Å². The molecule has 0 aliphatic rings. The number of hydrogen-bond acceptors (Lipinski definition) is 3. The zero-order valence-corrected chi connectivity index (χ0v) is 13.3. The number of nitrogens with zero attached hydrogens (tertiary/aromatic N) is 1. The van der Waals surface area contributed by atoms with Crippen molar-refractivity contribution in [2.75, 3.05) is 13.2 Å². The van der Waals surface area contributed by atoms with Gasteiger partial charge in [-0.15, -0.1) is 0 Å². The maximum atomic E-state index is 12.2. The molecule has 1 N–H and O–H groups in total. The third kappa shape index (κ3) is 4.77. The van der Waals surface area contributed by atoms with E-state index >= 15 is 0 Å². The van der Waals surface area contributed by atoms with Crippen molar-refractivity contribution in [2.45, 2.75) is 40.2 Å². The average Bonchev–Trinajstić information content (AvgIpc) is 2.36. The van der Waals surface area contributed by atoms with Gasteiger partial charge in [0.15, 0.2) is 6.61 Å². The van der Waals surface area contributed by atoms with Crippen LogP contribution >= 0.6 is 0 Å². The van der Waals surface area contributed by atoms with E-state index in [1.165, 1.54) is 4.90 Å². The van der Waals surface area contributed by atoms with Crippen LogP contribution in [0.3, 0.4) is 0 Å². The van der Waals surface area contributed by atoms with Gasteiger partial charge in [0.05, 0.1) is 0 Å². The standard InChI is InChI=1S/C16H23NO4/c1-11-7-6-8-13(12(11)2)21-10-14(18)17(9-15(19)20)16(3,4)5/h6-8H,9-10H2,1-5H3,(H,19,20). The predicted molar refractivity (Wildman–Crippen MR) is 80.5 cm³/mol. The van der Waals surface area contributed by atoms with Gasteiger partial charge in [0.2, 0.25) is 0 Å². The summed E-state index contributed by atoms with van der Waals surface area (Å²) in [6.07, 6.45) is 0. The van der Waals surface area contributed by atoms with E-state index < -0.39 is 11.5 Å². The Kier molecular flexibility index (Phi) is 5.35. The second kappa shape index (κ2) is 6.61. The lowest BCUT2D eigenvalue weighted by Crippen LogP contribution is -2.50. The van der Waals surface area contributed by atoms with Gasteiger partial charge in [0.25, 0.3) is 5.91 Å². The number of carboxylic acid groups (broad SMARTS) is 1. The number of aryl methyl sites for hydroxylation is 1. The molecule has 0 saturated heterocycles. The number of benzene rings is 1. The van der Waals surface area contributed by atoms with Crippen molar-refractivity contribution in [2.24, 2.45) is 0 Å². The molecule has 0 fully saturated rings. The molecule has 1 aromatic rings. The summed E-state index contributed by atoms with van der Waals surface area (Å²) in [5.74, 6) is -0.733. The molecule has 21 heavy (non-hydrogen) atoms. The van der Waals surface area contributed by atoms with E-state index in [4.69, 9.17) is 9.84 Å². The average molecular weight is 293 g/mol. The summed E-state index contributed by atoms with van der Waals surface area (Å²) in [6.45, 7) is 8.78. The minimum absolute atomic E-state index is 0.172. The summed E-state index contributed by atoms with van der Waals surface area (Å²) < 4.78 is 5.55. The predicted octanol–water partition coefficient (Wildman–Crippen LogP) is 2.39. The van der Waals surface area contributed by atoms with Crippen LogP contribution in [0.1, 0.15) is 31.9 Å². The molecular formula is C16H23NO4. The molecule has 1 rings (SSSR count). The summed E-state index contributed by atoms with van der Waals surface area (Å²) in [7, 11) is 0. The molecule has 0 radical (unpaired) electrons. The molecule has 1 amide bonds. The van der Waals surface area contributed by atoms with Gasteiger partial charge < -0.3 is 14.7 Å². The van der Waals surface area contributed by atoms with Gasteiger partial charge in [0, 0.05) is 5.54 Å². The first-order chi connectivity index (χ1) is 9.62. The number of ether oxygens (including phenoxy) is 1. The molecule has 0 aliphatic heterocycles. The van der Waals surface area contributed by atoms with Crippen molar-refractivity contribution in [1.29, 1.82) is 0 Å². The highest BCUT2D eigenvalue weighted by molar-refractivity contribution is 5.83. The van der Waals surface area contributed by atoms with E-state index in [1.807, 2.05) is 26.0 Å². The highest BCUT2D eigenvalue weighted by atomic mass is 16.5. The maximum Gasteiger partial charge on any atom is 0.323 e. The number of hydrogen-bond donors (Lipinski definition) is 1. The van der Waals surface area contributed by atoms with Crippen LogP contribution in [0.15, 0.2) is 18.2 Å². The Bertz CT molecular complexity index is 532. The van der Waals surface area contributed by atoms with Crippen molar-refractivity contribution in [3.63, 3.8) is 0 Å². The van der Waals surface area contributed by atoms with Crippen LogP contribution in [-0.2, 0) is 9.59 Å². The lowest BCUT2D eigenvalue weighted by molar-refractivity contribution is -0.149. The van der Waals surface area contributed by atoms with E-state index in [0.29, 0.717) is 5.75 Å². The van der Waals surface area contributed by atoms with E-state index in [0.717, 1.165) is 11.1 Å². The normalized spacial score (nSPS) is 11.1. The number of rotatable bonds is 5. The van der Waals surface area contributed by atoms with Gasteiger partial charge in [-0.05, 0) is 51.8 Å². The molecule has 0 aromatic heterocycles. The van der Waals surface area contributed by atoms with Gasteiger partial charge in [-0.1, -0.05) is 12.1 Å². The highest BCUT2D eigenvalue weighted by Gasteiger charge is 2.28. The maximum absolute atomic E-state index is 12.2. The first-order valence-corrected chi connectivity index (χ1v) is 6.84. The molecule has 0 unspecified atom stereocenters. The molecule has 0 aliphatic carbocycles. The topological polar surface area (TPSA) is 66.8 Å². The number of amides is 1. The molecule has 0 bridgehead atoms. The molecule has 5 nitrogen and oxygen atoms in total. The summed E-state index contributed by atoms with van der Waals surface area (Å²) in [4.78, 5) is 24.4. The fourth-order valence-electron chi connectivity index (χ4n) is 1.93. The molecule has 0 atom stereocenters. The number of carbonyl (C=O) groups excluding carboxylic acids is 1. The van der Waals surface area contributed by atoms with Crippen LogP contribution in [0.4, 0.5) is 0 Å². The van der Waals surface area contributed by atoms with Gasteiger partial charge in [-0.25, -0.2) is 0 Å². The Hall–Kier alpha value is -2.04. The SMILES string of the molecule is Cc1cccc(OCC(=O)N(CC(=O)O)C(C)(C)C)c1C. The van der Waals surface area contributed by atoms with E-state index in [-0.39, 0.29) is 19.1 Å². The van der Waals surface area contributed by atoms with Gasteiger partial charge in [-0.2, -0.15) is 0 Å². The minimum Gasteiger partial charge on any atom is -0.483 e. The second-order valence-corrected chi connectivity index (χ2v) is 6.03. The van der Waals surface area contributed by atoms with Crippen LogP contribution < -0.4 is 4.74 Å². The Morgan fingerprint density at radius 3 is 2.38 bits per heavy atom. The number of carboxylic acids is 1. The van der Waals surface area contributed by atoms with Crippen LogP contribution in [0.2, 0.25) is 0 Å². The molecule has 0 heterocycles. The first kappa shape index (κ1) is 17.0. The Morgan fingerprint density at radius 1 is 1.24 bits per heavy atom. The summed E-state index contributed by atoms with van der Waals surface area (Å²) in [6, 6.07) is 5.63. The molecule has 1 aromatic carbocycles. The molecular weight excluding hydrogens is 270 g/mol. The monoisotopic (exact) mass is 293 g/mol. The van der Waals surface area contributed by atoms with Crippen molar-refractivity contribution in [3.05, 3.63) is 29.3 Å². The number of carbonyl (C=O) groups is 2. The van der Waals surface area contributed by atoms with Crippen LogP contribution in [-0.4, -0.2) is 40.6 Å². The van der Waals surface area contributed by atoms with E-state index in [9.17, 15) is 9.59 Å². The third-order valence-electron chi connectivity index (χ3n) is 3.31. The Labute approximate surface area is 125 Å². The Balaban J connectivity index is 2.78. The van der Waals surface area contributed by atoms with E-state index in [1.54, 1.807) is 26.8 Å². The third-order valence-corrected chi connectivity index (χ3v) is 3.31. The van der Waals surface area contributed by atoms with E-state index in [2.05, 4.69) is 0 Å². The van der Waals surface area contributed by atoms with Crippen LogP contribution in [0.5, 0.6) is 5.75 Å². The van der Waals surface area contributed by atoms with Crippen LogP contribution in [0, 0.1) is 13.8 Å². The van der Waals surface area contributed by atoms with Crippen LogP contribution in [0.25, 0.3) is 0 Å². The molecule has 0 spiro atoms. The Morgan fingerprint density at radius 2 is 1.86 bits per heavy atom. The molecule has 0 saturated carbocycles. The molecule has 116 valence electrons. The fourth-order valence-corrected chi connectivity index (χ4v) is 1.93. The number of aliphatic carboxylic acids is 1. The van der Waals surface area contributed by atoms with Gasteiger partial charge >= 0.3 is 5.97 Å². The van der Waals surface area contributed by atoms with Crippen molar-refractivity contribution in [3.8, 4) is 5.75 Å². The highest BCUT2D eigenvalue weighted by Crippen LogP contribution is 2.21. The smallest absolute Gasteiger partial charge is 0.323 e. The lowest BCUT2D eigenvalue weighted by atomic mass is 10.1. The largest absolute Gasteiger partial charge is 0.483 e. The van der Waals surface area contributed by atoms with Crippen molar-refractivity contribution >= 4 is 11.9 Å². The zero-order valence-electron chi connectivity index (χ0n) is 13.3. The summed E-state index contributed by atoms with van der Waals surface area (Å²) in [5, 5.41) is 8.93. The quantitative estimate of drug-likeness (QED) is 0.905. The second-order valence-electron chi connectivity index (χ2n) is 6.03. The van der Waals surface area contributed by atoms with Crippen molar-refractivity contribution < 1.29 is 19.4 Å². The molecule has 5 heteroatoms. The van der Waals surface area contributed by atoms with Gasteiger partial charge in [-0.3, -0.25) is 9.59 Å².